The molecule has 2 heterocycles. The molecular formula is C17H17N3O. The predicted molar refractivity (Wildman–Crippen MR) is 81.8 cm³/mol. The van der Waals surface area contributed by atoms with Crippen LogP contribution >= 0.6 is 0 Å². The number of aromatic nitrogens is 2. The SMILES string of the molecule is c1ccc2cc(-c3nc(C4CCCCN4)no3)ccc2c1. The molecule has 1 saturated heterocycles. The number of nitrogens with zero attached hydrogens (tertiary/aromatic N) is 2. The van der Waals surface area contributed by atoms with E-state index >= 15 is 0 Å². The van der Waals surface area contributed by atoms with E-state index in [4.69, 9.17) is 4.52 Å². The Balaban J connectivity index is 1.67. The second-order valence-corrected chi connectivity index (χ2v) is 5.52. The van der Waals surface area contributed by atoms with E-state index in [1.165, 1.54) is 23.6 Å². The van der Waals surface area contributed by atoms with E-state index in [0.29, 0.717) is 5.89 Å². The van der Waals surface area contributed by atoms with Crippen molar-refractivity contribution in [2.75, 3.05) is 6.54 Å². The van der Waals surface area contributed by atoms with Gasteiger partial charge in [0.15, 0.2) is 5.82 Å². The molecular weight excluding hydrogens is 262 g/mol. The Morgan fingerprint density at radius 2 is 1.95 bits per heavy atom. The zero-order valence-corrected chi connectivity index (χ0v) is 11.7. The molecule has 0 saturated carbocycles. The average Bonchev–Trinajstić information content (AvgIpc) is 3.05. The number of rotatable bonds is 2. The topological polar surface area (TPSA) is 51.0 Å². The Hall–Kier alpha value is -2.20. The van der Waals surface area contributed by atoms with Crippen molar-refractivity contribution in [1.29, 1.82) is 0 Å². The molecule has 4 heteroatoms. The zero-order chi connectivity index (χ0) is 14.1. The Kier molecular flexibility index (Phi) is 3.16. The molecule has 1 aromatic heterocycles. The minimum Gasteiger partial charge on any atom is -0.334 e. The van der Waals surface area contributed by atoms with E-state index in [2.05, 4.69) is 39.7 Å². The van der Waals surface area contributed by atoms with E-state index in [0.717, 1.165) is 24.4 Å². The first-order valence-electron chi connectivity index (χ1n) is 7.46. The van der Waals surface area contributed by atoms with Gasteiger partial charge in [0.1, 0.15) is 0 Å². The van der Waals surface area contributed by atoms with Crippen molar-refractivity contribution in [1.82, 2.24) is 15.5 Å². The number of piperidine rings is 1. The highest BCUT2D eigenvalue weighted by Gasteiger charge is 2.20. The second-order valence-electron chi connectivity index (χ2n) is 5.52. The molecule has 1 unspecified atom stereocenters. The molecule has 3 aromatic rings. The molecule has 1 aliphatic rings. The zero-order valence-electron chi connectivity index (χ0n) is 11.7. The summed E-state index contributed by atoms with van der Waals surface area (Å²) < 4.78 is 5.45. The van der Waals surface area contributed by atoms with Crippen molar-refractivity contribution in [3.8, 4) is 11.5 Å². The Labute approximate surface area is 123 Å². The van der Waals surface area contributed by atoms with Gasteiger partial charge in [-0.1, -0.05) is 41.9 Å². The first-order chi connectivity index (χ1) is 10.4. The summed E-state index contributed by atoms with van der Waals surface area (Å²) in [5, 5.41) is 10.00. The first kappa shape index (κ1) is 12.5. The van der Waals surface area contributed by atoms with Crippen LogP contribution in [-0.2, 0) is 0 Å². The van der Waals surface area contributed by atoms with Crippen molar-refractivity contribution < 1.29 is 4.52 Å². The van der Waals surface area contributed by atoms with Crippen LogP contribution in [0.5, 0.6) is 0 Å². The van der Waals surface area contributed by atoms with Gasteiger partial charge in [0.25, 0.3) is 5.89 Å². The van der Waals surface area contributed by atoms with Gasteiger partial charge in [0.05, 0.1) is 6.04 Å². The summed E-state index contributed by atoms with van der Waals surface area (Å²) in [7, 11) is 0. The van der Waals surface area contributed by atoms with Crippen molar-refractivity contribution in [3.63, 3.8) is 0 Å². The maximum Gasteiger partial charge on any atom is 0.258 e. The first-order valence-corrected chi connectivity index (χ1v) is 7.46. The van der Waals surface area contributed by atoms with Crippen LogP contribution in [0.15, 0.2) is 47.0 Å². The van der Waals surface area contributed by atoms with Crippen LogP contribution < -0.4 is 5.32 Å². The predicted octanol–water partition coefficient (Wildman–Crippen LogP) is 3.70. The molecule has 4 nitrogen and oxygen atoms in total. The van der Waals surface area contributed by atoms with Crippen molar-refractivity contribution in [2.24, 2.45) is 0 Å². The summed E-state index contributed by atoms with van der Waals surface area (Å²) in [6, 6.07) is 14.7. The number of fused-ring (bicyclic) bond motifs is 1. The standard InChI is InChI=1S/C17H17N3O/c1-2-6-13-11-14(9-8-12(13)5-1)17-19-16(20-21-17)15-7-3-4-10-18-15/h1-2,5-6,8-9,11,15,18H,3-4,7,10H2. The van der Waals surface area contributed by atoms with Crippen molar-refractivity contribution in [2.45, 2.75) is 25.3 Å². The smallest absolute Gasteiger partial charge is 0.258 e. The lowest BCUT2D eigenvalue weighted by atomic mass is 10.0. The van der Waals surface area contributed by atoms with E-state index in [9.17, 15) is 0 Å². The fourth-order valence-electron chi connectivity index (χ4n) is 2.89. The highest BCUT2D eigenvalue weighted by molar-refractivity contribution is 5.86. The van der Waals surface area contributed by atoms with Gasteiger partial charge in [-0.05, 0) is 42.3 Å². The van der Waals surface area contributed by atoms with Gasteiger partial charge < -0.3 is 9.84 Å². The normalized spacial score (nSPS) is 19.0. The molecule has 0 spiro atoms. The van der Waals surface area contributed by atoms with Gasteiger partial charge in [-0.2, -0.15) is 4.98 Å². The quantitative estimate of drug-likeness (QED) is 0.777. The maximum atomic E-state index is 5.45. The number of benzene rings is 2. The van der Waals surface area contributed by atoms with Crippen molar-refractivity contribution in [3.05, 3.63) is 48.3 Å². The molecule has 4 rings (SSSR count). The largest absolute Gasteiger partial charge is 0.334 e. The summed E-state index contributed by atoms with van der Waals surface area (Å²) in [4.78, 5) is 4.57. The number of hydrogen-bond acceptors (Lipinski definition) is 4. The van der Waals surface area contributed by atoms with E-state index in [1.54, 1.807) is 0 Å². The van der Waals surface area contributed by atoms with E-state index in [1.807, 2.05) is 18.2 Å². The summed E-state index contributed by atoms with van der Waals surface area (Å²) in [5.41, 5.74) is 0.975. The molecule has 0 aliphatic carbocycles. The van der Waals surface area contributed by atoms with Crippen molar-refractivity contribution >= 4 is 10.8 Å². The molecule has 21 heavy (non-hydrogen) atoms. The monoisotopic (exact) mass is 279 g/mol. The Morgan fingerprint density at radius 3 is 2.81 bits per heavy atom. The highest BCUT2D eigenvalue weighted by atomic mass is 16.5. The third-order valence-corrected chi connectivity index (χ3v) is 4.06. The fraction of sp³-hybridized carbons (Fsp3) is 0.294. The highest BCUT2D eigenvalue weighted by Crippen LogP contribution is 2.26. The minimum absolute atomic E-state index is 0.233. The summed E-state index contributed by atoms with van der Waals surface area (Å²) in [6.07, 6.45) is 3.53. The molecule has 0 amide bonds. The second kappa shape index (κ2) is 5.30. The third kappa shape index (κ3) is 2.43. The average molecular weight is 279 g/mol. The van der Waals surface area contributed by atoms with Gasteiger partial charge in [0.2, 0.25) is 0 Å². The fourth-order valence-corrected chi connectivity index (χ4v) is 2.89. The van der Waals surface area contributed by atoms with Gasteiger partial charge in [-0.3, -0.25) is 0 Å². The summed E-state index contributed by atoms with van der Waals surface area (Å²) in [5.74, 6) is 1.38. The van der Waals surface area contributed by atoms with E-state index < -0.39 is 0 Å². The molecule has 1 atom stereocenters. The van der Waals surface area contributed by atoms with Crippen LogP contribution in [0, 0.1) is 0 Å². The van der Waals surface area contributed by atoms with Crippen LogP contribution in [0.3, 0.4) is 0 Å². The van der Waals surface area contributed by atoms with Crippen LogP contribution in [0.1, 0.15) is 31.1 Å². The molecule has 1 fully saturated rings. The van der Waals surface area contributed by atoms with Gasteiger partial charge in [-0.25, -0.2) is 0 Å². The number of nitrogens with one attached hydrogen (secondary N) is 1. The molecule has 2 aromatic carbocycles. The molecule has 0 bridgehead atoms. The Morgan fingerprint density at radius 1 is 1.05 bits per heavy atom. The summed E-state index contributed by atoms with van der Waals surface area (Å²) >= 11 is 0. The van der Waals surface area contributed by atoms with Gasteiger partial charge in [0, 0.05) is 5.56 Å². The lowest BCUT2D eigenvalue weighted by molar-refractivity contribution is 0.367. The third-order valence-electron chi connectivity index (χ3n) is 4.06. The van der Waals surface area contributed by atoms with Gasteiger partial charge in [-0.15, -0.1) is 0 Å². The van der Waals surface area contributed by atoms with Crippen LogP contribution in [0.4, 0.5) is 0 Å². The molecule has 1 aliphatic heterocycles. The molecule has 106 valence electrons. The minimum atomic E-state index is 0.233. The number of hydrogen-bond donors (Lipinski definition) is 1. The van der Waals surface area contributed by atoms with Crippen LogP contribution in [0.2, 0.25) is 0 Å². The lowest BCUT2D eigenvalue weighted by Gasteiger charge is -2.19. The Bertz CT molecular complexity index is 759. The van der Waals surface area contributed by atoms with E-state index in [-0.39, 0.29) is 6.04 Å². The molecule has 0 radical (unpaired) electrons. The van der Waals surface area contributed by atoms with Crippen LogP contribution in [-0.4, -0.2) is 16.7 Å². The lowest BCUT2D eigenvalue weighted by Crippen LogP contribution is -2.27. The van der Waals surface area contributed by atoms with Gasteiger partial charge >= 0.3 is 0 Å². The molecule has 1 N–H and O–H groups in total. The summed E-state index contributed by atoms with van der Waals surface area (Å²) in [6.45, 7) is 1.03. The van der Waals surface area contributed by atoms with Crippen LogP contribution in [0.25, 0.3) is 22.2 Å². The maximum absolute atomic E-state index is 5.45.